The van der Waals surface area contributed by atoms with E-state index in [4.69, 9.17) is 19.3 Å². The van der Waals surface area contributed by atoms with Gasteiger partial charge in [-0.3, -0.25) is 4.90 Å². The molecule has 24 heavy (non-hydrogen) atoms. The molecule has 0 aromatic rings. The van der Waals surface area contributed by atoms with E-state index in [1.165, 1.54) is 32.1 Å². The molecule has 1 unspecified atom stereocenters. The van der Waals surface area contributed by atoms with Crippen LogP contribution in [0.1, 0.15) is 44.9 Å². The first-order chi connectivity index (χ1) is 11.9. The number of nitrogens with zero attached hydrogens (tertiary/aromatic N) is 1. The largest absolute Gasteiger partial charge is 0.394 e. The van der Waals surface area contributed by atoms with Crippen LogP contribution in [-0.4, -0.2) is 75.4 Å². The Morgan fingerprint density at radius 3 is 2.46 bits per heavy atom. The lowest BCUT2D eigenvalue weighted by Crippen LogP contribution is -2.43. The molecule has 0 aromatic carbocycles. The van der Waals surface area contributed by atoms with Crippen LogP contribution >= 0.6 is 0 Å². The highest BCUT2D eigenvalue weighted by Crippen LogP contribution is 2.08. The van der Waals surface area contributed by atoms with Crippen LogP contribution in [0.25, 0.3) is 0 Å². The molecule has 1 fully saturated rings. The van der Waals surface area contributed by atoms with Crippen molar-refractivity contribution < 1.29 is 19.3 Å². The normalized spacial score (nSPS) is 17.0. The molecule has 1 heterocycles. The Balaban J connectivity index is 2.01. The molecule has 5 heteroatoms. The van der Waals surface area contributed by atoms with Crippen LogP contribution < -0.4 is 0 Å². The van der Waals surface area contributed by atoms with Gasteiger partial charge in [0.05, 0.1) is 39.1 Å². The summed E-state index contributed by atoms with van der Waals surface area (Å²) in [5, 5.41) is 8.96. The van der Waals surface area contributed by atoms with Gasteiger partial charge in [-0.15, -0.1) is 6.58 Å². The van der Waals surface area contributed by atoms with Gasteiger partial charge in [0.2, 0.25) is 0 Å². The van der Waals surface area contributed by atoms with Crippen molar-refractivity contribution in [1.29, 1.82) is 0 Å². The zero-order valence-electron chi connectivity index (χ0n) is 15.3. The summed E-state index contributed by atoms with van der Waals surface area (Å²) in [4.78, 5) is 2.35. The molecule has 1 rings (SSSR count). The van der Waals surface area contributed by atoms with Crippen LogP contribution in [-0.2, 0) is 14.2 Å². The quantitative estimate of drug-likeness (QED) is 0.345. The average Bonchev–Trinajstić information content (AvgIpc) is 2.62. The fourth-order valence-electron chi connectivity index (χ4n) is 2.86. The summed E-state index contributed by atoms with van der Waals surface area (Å²) in [6.45, 7) is 9.93. The van der Waals surface area contributed by atoms with Crippen molar-refractivity contribution in [1.82, 2.24) is 4.90 Å². The van der Waals surface area contributed by atoms with Crippen LogP contribution in [0, 0.1) is 0 Å². The Bertz CT molecular complexity index is 283. The average molecular weight is 344 g/mol. The van der Waals surface area contributed by atoms with Crippen LogP contribution in [0.3, 0.4) is 0 Å². The molecule has 0 aromatic heterocycles. The Labute approximate surface area is 148 Å². The lowest BCUT2D eigenvalue weighted by atomic mass is 10.1. The molecule has 1 aliphatic rings. The van der Waals surface area contributed by atoms with Gasteiger partial charge in [-0.05, 0) is 19.3 Å². The van der Waals surface area contributed by atoms with Crippen molar-refractivity contribution in [3.05, 3.63) is 12.7 Å². The minimum absolute atomic E-state index is 0.0363. The summed E-state index contributed by atoms with van der Waals surface area (Å²) in [6, 6.07) is 0. The Morgan fingerprint density at radius 1 is 1.04 bits per heavy atom. The van der Waals surface area contributed by atoms with E-state index in [1.807, 2.05) is 6.08 Å². The smallest absolute Gasteiger partial charge is 0.0936 e. The first-order valence-corrected chi connectivity index (χ1v) is 9.58. The number of allylic oxidation sites excluding steroid dienone is 1. The fourth-order valence-corrected chi connectivity index (χ4v) is 2.86. The maximum Gasteiger partial charge on any atom is 0.0936 e. The minimum Gasteiger partial charge on any atom is -0.394 e. The predicted octanol–water partition coefficient (Wildman–Crippen LogP) is 2.63. The second kappa shape index (κ2) is 16.0. The van der Waals surface area contributed by atoms with Crippen molar-refractivity contribution in [2.75, 3.05) is 59.3 Å². The highest BCUT2D eigenvalue weighted by atomic mass is 16.5. The molecule has 5 nitrogen and oxygen atoms in total. The Hall–Kier alpha value is -0.460. The zero-order valence-corrected chi connectivity index (χ0v) is 15.3. The summed E-state index contributed by atoms with van der Waals surface area (Å²) in [5.74, 6) is 0. The molecule has 1 atom stereocenters. The predicted molar refractivity (Wildman–Crippen MR) is 97.4 cm³/mol. The van der Waals surface area contributed by atoms with Crippen LogP contribution in [0.15, 0.2) is 12.7 Å². The molecule has 0 radical (unpaired) electrons. The molecule has 1 aliphatic heterocycles. The summed E-state index contributed by atoms with van der Waals surface area (Å²) in [5.41, 5.74) is 0. The van der Waals surface area contributed by atoms with Crippen molar-refractivity contribution in [2.45, 2.75) is 51.0 Å². The number of rotatable bonds is 16. The minimum atomic E-state index is 0.0363. The molecule has 1 saturated heterocycles. The molecule has 0 spiro atoms. The van der Waals surface area contributed by atoms with Gasteiger partial charge >= 0.3 is 0 Å². The zero-order chi connectivity index (χ0) is 17.3. The van der Waals surface area contributed by atoms with E-state index >= 15 is 0 Å². The number of hydrogen-bond acceptors (Lipinski definition) is 5. The van der Waals surface area contributed by atoms with Crippen molar-refractivity contribution >= 4 is 0 Å². The number of ether oxygens (including phenoxy) is 3. The van der Waals surface area contributed by atoms with E-state index in [-0.39, 0.29) is 12.7 Å². The lowest BCUT2D eigenvalue weighted by molar-refractivity contribution is -0.0559. The van der Waals surface area contributed by atoms with Gasteiger partial charge in [-0.1, -0.05) is 31.8 Å². The molecule has 0 bridgehead atoms. The first kappa shape index (κ1) is 21.6. The Morgan fingerprint density at radius 2 is 1.75 bits per heavy atom. The third kappa shape index (κ3) is 12.0. The summed E-state index contributed by atoms with van der Waals surface area (Å²) in [7, 11) is 0. The van der Waals surface area contributed by atoms with Gasteiger partial charge in [0.15, 0.2) is 0 Å². The van der Waals surface area contributed by atoms with Crippen molar-refractivity contribution in [2.24, 2.45) is 0 Å². The van der Waals surface area contributed by atoms with Gasteiger partial charge < -0.3 is 19.3 Å². The number of aliphatic hydroxyl groups excluding tert-OH is 1. The van der Waals surface area contributed by atoms with E-state index in [2.05, 4.69) is 11.5 Å². The number of hydrogen-bond donors (Lipinski definition) is 1. The molecule has 0 saturated carbocycles. The molecule has 0 aliphatic carbocycles. The molecule has 1 N–H and O–H groups in total. The Kier molecular flexibility index (Phi) is 14.4. The topological polar surface area (TPSA) is 51.2 Å². The maximum absolute atomic E-state index is 8.96. The summed E-state index contributed by atoms with van der Waals surface area (Å²) >= 11 is 0. The van der Waals surface area contributed by atoms with E-state index < -0.39 is 0 Å². The lowest BCUT2D eigenvalue weighted by Gasteiger charge is -2.30. The third-order valence-corrected chi connectivity index (χ3v) is 4.26. The second-order valence-corrected chi connectivity index (χ2v) is 6.40. The van der Waals surface area contributed by atoms with Gasteiger partial charge in [0, 0.05) is 26.2 Å². The highest BCUT2D eigenvalue weighted by molar-refractivity contribution is 4.69. The van der Waals surface area contributed by atoms with Crippen LogP contribution in [0.4, 0.5) is 0 Å². The van der Waals surface area contributed by atoms with Gasteiger partial charge in [-0.2, -0.15) is 0 Å². The van der Waals surface area contributed by atoms with E-state index in [0.29, 0.717) is 13.2 Å². The molecule has 0 amide bonds. The first-order valence-electron chi connectivity index (χ1n) is 9.58. The van der Waals surface area contributed by atoms with E-state index in [1.54, 1.807) is 0 Å². The summed E-state index contributed by atoms with van der Waals surface area (Å²) < 4.78 is 16.9. The molecule has 142 valence electrons. The van der Waals surface area contributed by atoms with Crippen molar-refractivity contribution in [3.8, 4) is 0 Å². The highest BCUT2D eigenvalue weighted by Gasteiger charge is 2.17. The molecular weight excluding hydrogens is 306 g/mol. The number of aliphatic hydroxyl groups is 1. The van der Waals surface area contributed by atoms with Gasteiger partial charge in [-0.25, -0.2) is 0 Å². The SMILES string of the molecule is C=CCCCCCCCCOCC(CN1CCOCC1)OCCO. The fraction of sp³-hybridized carbons (Fsp3) is 0.895. The second-order valence-electron chi connectivity index (χ2n) is 6.40. The van der Waals surface area contributed by atoms with Crippen LogP contribution in [0.2, 0.25) is 0 Å². The van der Waals surface area contributed by atoms with Crippen molar-refractivity contribution in [3.63, 3.8) is 0 Å². The molecular formula is C19H37NO4. The summed E-state index contributed by atoms with van der Waals surface area (Å²) in [6.07, 6.45) is 10.7. The van der Waals surface area contributed by atoms with Gasteiger partial charge in [0.1, 0.15) is 0 Å². The van der Waals surface area contributed by atoms with Gasteiger partial charge in [0.25, 0.3) is 0 Å². The van der Waals surface area contributed by atoms with E-state index in [9.17, 15) is 0 Å². The third-order valence-electron chi connectivity index (χ3n) is 4.26. The maximum atomic E-state index is 8.96. The van der Waals surface area contributed by atoms with E-state index in [0.717, 1.165) is 52.3 Å². The monoisotopic (exact) mass is 343 g/mol. The number of unbranched alkanes of at least 4 members (excludes halogenated alkanes) is 6. The standard InChI is InChI=1S/C19H37NO4/c1-2-3-4-5-6-7-8-9-13-23-18-19(24-16-12-21)17-20-10-14-22-15-11-20/h2,19,21H,1,3-18H2. The van der Waals surface area contributed by atoms with Crippen LogP contribution in [0.5, 0.6) is 0 Å². The number of morpholine rings is 1.